The van der Waals surface area contributed by atoms with Gasteiger partial charge in [0.1, 0.15) is 17.4 Å². The Morgan fingerprint density at radius 1 is 1.00 bits per heavy atom. The van der Waals surface area contributed by atoms with Gasteiger partial charge in [0.15, 0.2) is 0 Å². The minimum Gasteiger partial charge on any atom is -0.490 e. The average Bonchev–Trinajstić information content (AvgIpc) is 3.24. The lowest BCUT2D eigenvalue weighted by atomic mass is 9.85. The Hall–Kier alpha value is -1.79. The number of ether oxygens (including phenoxy) is 1. The fraction of sp³-hybridized carbons (Fsp3) is 0.519. The zero-order valence-corrected chi connectivity index (χ0v) is 20.9. The number of halogens is 2. The lowest BCUT2D eigenvalue weighted by Gasteiger charge is -2.44. The maximum Gasteiger partial charge on any atom is 0.328 e. The fourth-order valence-corrected chi connectivity index (χ4v) is 6.38. The van der Waals surface area contributed by atoms with Gasteiger partial charge in [-0.1, -0.05) is 47.5 Å². The topological polar surface area (TPSA) is 53.0 Å². The van der Waals surface area contributed by atoms with E-state index in [1.54, 1.807) is 12.1 Å². The second kappa shape index (κ2) is 10.1. The van der Waals surface area contributed by atoms with Gasteiger partial charge in [-0.05, 0) is 80.8 Å². The molecular formula is C27H32Cl2N2O3. The van der Waals surface area contributed by atoms with Crippen LogP contribution in [0.3, 0.4) is 0 Å². The number of fused-ring (bicyclic) bond motifs is 1. The third-order valence-electron chi connectivity index (χ3n) is 7.97. The molecule has 5 nitrogen and oxygen atoms in total. The summed E-state index contributed by atoms with van der Waals surface area (Å²) in [5.74, 6) is 0.701. The van der Waals surface area contributed by atoms with Crippen LogP contribution in [0.2, 0.25) is 10.0 Å². The Morgan fingerprint density at radius 3 is 2.44 bits per heavy atom. The van der Waals surface area contributed by atoms with Crippen molar-refractivity contribution in [1.29, 1.82) is 0 Å². The largest absolute Gasteiger partial charge is 0.490 e. The van der Waals surface area contributed by atoms with Crippen molar-refractivity contribution >= 4 is 29.2 Å². The van der Waals surface area contributed by atoms with Crippen LogP contribution in [0.15, 0.2) is 42.5 Å². The number of carbonyl (C=O) groups is 1. The number of nitrogens with zero attached hydrogens (tertiary/aromatic N) is 2. The summed E-state index contributed by atoms with van der Waals surface area (Å²) in [6.07, 6.45) is 5.83. The van der Waals surface area contributed by atoms with Crippen LogP contribution >= 0.6 is 23.2 Å². The summed E-state index contributed by atoms with van der Waals surface area (Å²) in [4.78, 5) is 17.3. The number of carboxylic acid groups (broad SMARTS) is 1. The summed E-state index contributed by atoms with van der Waals surface area (Å²) in [5, 5.41) is 11.3. The molecule has 0 bridgehead atoms. The van der Waals surface area contributed by atoms with Crippen molar-refractivity contribution in [1.82, 2.24) is 9.80 Å². The maximum absolute atomic E-state index is 12.5. The molecule has 1 aliphatic carbocycles. The molecule has 34 heavy (non-hydrogen) atoms. The van der Waals surface area contributed by atoms with Crippen LogP contribution in [0.25, 0.3) is 0 Å². The summed E-state index contributed by atoms with van der Waals surface area (Å²) in [6, 6.07) is 13.5. The maximum atomic E-state index is 12.5. The number of carboxylic acids is 1. The molecule has 1 unspecified atom stereocenters. The zero-order valence-electron chi connectivity index (χ0n) is 19.4. The molecule has 0 spiro atoms. The first-order chi connectivity index (χ1) is 16.5. The number of rotatable bonds is 6. The van der Waals surface area contributed by atoms with E-state index in [0.717, 1.165) is 76.1 Å². The SMILES string of the molecule is O=C(O)C1(N2CCC(CN3CCC(Oc4ccc(Cl)c(Cl)c4)CC3)CC2)CCc2ccccc21. The highest BCUT2D eigenvalue weighted by atomic mass is 35.5. The van der Waals surface area contributed by atoms with Gasteiger partial charge < -0.3 is 14.7 Å². The van der Waals surface area contributed by atoms with Gasteiger partial charge in [-0.15, -0.1) is 0 Å². The van der Waals surface area contributed by atoms with Crippen molar-refractivity contribution in [2.24, 2.45) is 5.92 Å². The van der Waals surface area contributed by atoms with Crippen molar-refractivity contribution in [3.05, 3.63) is 63.6 Å². The lowest BCUT2D eigenvalue weighted by Crippen LogP contribution is -2.54. The molecule has 0 saturated carbocycles. The number of aryl methyl sites for hydroxylation is 1. The van der Waals surface area contributed by atoms with Crippen molar-refractivity contribution in [3.63, 3.8) is 0 Å². The van der Waals surface area contributed by atoms with Gasteiger partial charge in [0.05, 0.1) is 10.0 Å². The molecule has 2 fully saturated rings. The molecule has 0 aromatic heterocycles. The lowest BCUT2D eigenvalue weighted by molar-refractivity contribution is -0.154. The van der Waals surface area contributed by atoms with E-state index in [2.05, 4.69) is 15.9 Å². The van der Waals surface area contributed by atoms with E-state index in [1.807, 2.05) is 24.3 Å². The summed E-state index contributed by atoms with van der Waals surface area (Å²) >= 11 is 12.1. The highest BCUT2D eigenvalue weighted by Gasteiger charge is 2.50. The molecule has 182 valence electrons. The van der Waals surface area contributed by atoms with Crippen LogP contribution in [0.1, 0.15) is 43.2 Å². The van der Waals surface area contributed by atoms with Crippen LogP contribution in [0.4, 0.5) is 0 Å². The normalized spacial score (nSPS) is 24.8. The second-order valence-electron chi connectivity index (χ2n) is 9.95. The second-order valence-corrected chi connectivity index (χ2v) is 10.8. The van der Waals surface area contributed by atoms with E-state index in [1.165, 1.54) is 5.56 Å². The van der Waals surface area contributed by atoms with Crippen molar-refractivity contribution in [3.8, 4) is 5.75 Å². The Balaban J connectivity index is 1.12. The third-order valence-corrected chi connectivity index (χ3v) is 8.71. The van der Waals surface area contributed by atoms with Gasteiger partial charge in [-0.2, -0.15) is 0 Å². The Bertz CT molecular complexity index is 1030. The van der Waals surface area contributed by atoms with Gasteiger partial charge in [-0.25, -0.2) is 4.79 Å². The van der Waals surface area contributed by atoms with Gasteiger partial charge in [0.25, 0.3) is 0 Å². The monoisotopic (exact) mass is 502 g/mol. The molecule has 3 aliphatic rings. The van der Waals surface area contributed by atoms with E-state index in [-0.39, 0.29) is 6.10 Å². The predicted octanol–water partition coefficient (Wildman–Crippen LogP) is 5.47. The number of hydrogen-bond acceptors (Lipinski definition) is 4. The molecular weight excluding hydrogens is 471 g/mol. The molecule has 2 aliphatic heterocycles. The fourth-order valence-electron chi connectivity index (χ4n) is 6.09. The van der Waals surface area contributed by atoms with E-state index >= 15 is 0 Å². The van der Waals surface area contributed by atoms with Gasteiger partial charge in [0.2, 0.25) is 0 Å². The van der Waals surface area contributed by atoms with Gasteiger partial charge >= 0.3 is 5.97 Å². The van der Waals surface area contributed by atoms with E-state index in [0.29, 0.717) is 22.4 Å². The Kier molecular flexibility index (Phi) is 7.08. The van der Waals surface area contributed by atoms with Gasteiger partial charge in [-0.3, -0.25) is 4.90 Å². The number of piperidine rings is 2. The molecule has 2 aromatic carbocycles. The Morgan fingerprint density at radius 2 is 1.74 bits per heavy atom. The molecule has 2 saturated heterocycles. The van der Waals surface area contributed by atoms with E-state index in [9.17, 15) is 9.90 Å². The molecule has 1 atom stereocenters. The smallest absolute Gasteiger partial charge is 0.328 e. The van der Waals surface area contributed by atoms with E-state index < -0.39 is 11.5 Å². The number of likely N-dealkylation sites (tertiary alicyclic amines) is 2. The highest BCUT2D eigenvalue weighted by molar-refractivity contribution is 6.42. The first kappa shape index (κ1) is 23.9. The molecule has 7 heteroatoms. The summed E-state index contributed by atoms with van der Waals surface area (Å²) in [6.45, 7) is 4.84. The zero-order chi connectivity index (χ0) is 23.7. The minimum absolute atomic E-state index is 0.202. The third kappa shape index (κ3) is 4.68. The van der Waals surface area contributed by atoms with Gasteiger partial charge in [0, 0.05) is 25.7 Å². The Labute approximate surface area is 211 Å². The van der Waals surface area contributed by atoms with Crippen LogP contribution in [0.5, 0.6) is 5.75 Å². The van der Waals surface area contributed by atoms with Crippen LogP contribution in [-0.2, 0) is 16.8 Å². The molecule has 2 aromatic rings. The molecule has 0 amide bonds. The quantitative estimate of drug-likeness (QED) is 0.566. The summed E-state index contributed by atoms with van der Waals surface area (Å²) in [5.41, 5.74) is 1.35. The first-order valence-corrected chi connectivity index (χ1v) is 13.1. The molecule has 2 heterocycles. The summed E-state index contributed by atoms with van der Waals surface area (Å²) in [7, 11) is 0. The standard InChI is InChI=1S/C27H32Cl2N2O3/c28-24-6-5-22(17-25(24)29)34-21-10-13-30(14-11-21)18-19-8-15-31(16-9-19)27(26(32)33)12-7-20-3-1-2-4-23(20)27/h1-6,17,19,21H,7-16,18H2,(H,32,33). The molecule has 1 N–H and O–H groups in total. The molecule has 5 rings (SSSR count). The number of aliphatic carboxylic acids is 1. The van der Waals surface area contributed by atoms with Crippen molar-refractivity contribution in [2.75, 3.05) is 32.7 Å². The van der Waals surface area contributed by atoms with Crippen LogP contribution < -0.4 is 4.74 Å². The average molecular weight is 503 g/mol. The summed E-state index contributed by atoms with van der Waals surface area (Å²) < 4.78 is 6.13. The highest BCUT2D eigenvalue weighted by Crippen LogP contribution is 2.43. The van der Waals surface area contributed by atoms with Crippen LogP contribution in [0, 0.1) is 5.92 Å². The first-order valence-electron chi connectivity index (χ1n) is 12.4. The van der Waals surface area contributed by atoms with Crippen LogP contribution in [-0.4, -0.2) is 59.7 Å². The predicted molar refractivity (Wildman–Crippen MR) is 135 cm³/mol. The van der Waals surface area contributed by atoms with Crippen molar-refractivity contribution in [2.45, 2.75) is 50.2 Å². The minimum atomic E-state index is -0.845. The molecule has 0 radical (unpaired) electrons. The van der Waals surface area contributed by atoms with Crippen molar-refractivity contribution < 1.29 is 14.6 Å². The van der Waals surface area contributed by atoms with E-state index in [4.69, 9.17) is 27.9 Å². The number of hydrogen-bond donors (Lipinski definition) is 1. The number of benzene rings is 2.